The fourth-order valence-electron chi connectivity index (χ4n) is 0.871. The third kappa shape index (κ3) is 3.48. The maximum atomic E-state index is 11.4. The molecule has 0 atom stereocenters. The Morgan fingerprint density at radius 1 is 1.62 bits per heavy atom. The zero-order valence-electron chi connectivity index (χ0n) is 8.80. The molecule has 16 heavy (non-hydrogen) atoms. The lowest BCUT2D eigenvalue weighted by atomic mass is 10.3. The van der Waals surface area contributed by atoms with Crippen LogP contribution < -0.4 is 10.5 Å². The van der Waals surface area contributed by atoms with Crippen molar-refractivity contribution in [3.63, 3.8) is 0 Å². The van der Waals surface area contributed by atoms with Crippen molar-refractivity contribution in [2.45, 2.75) is 6.42 Å². The van der Waals surface area contributed by atoms with E-state index in [1.807, 2.05) is 0 Å². The predicted octanol–water partition coefficient (Wildman–Crippen LogP) is 0.163. The maximum absolute atomic E-state index is 11.4. The van der Waals surface area contributed by atoms with Gasteiger partial charge in [-0.15, -0.1) is 0 Å². The summed E-state index contributed by atoms with van der Waals surface area (Å²) in [5.74, 6) is -0.251. The van der Waals surface area contributed by atoms with E-state index in [1.165, 1.54) is 14.2 Å². The molecule has 1 aromatic heterocycles. The second-order valence-corrected chi connectivity index (χ2v) is 3.60. The fraction of sp³-hybridized carbons (Fsp3) is 0.375. The van der Waals surface area contributed by atoms with Crippen molar-refractivity contribution < 1.29 is 19.2 Å². The number of carbonyl (C=O) groups excluding carboxylic acids is 2. The van der Waals surface area contributed by atoms with E-state index in [9.17, 15) is 9.59 Å². The molecular weight excluding hydrogens is 234 g/mol. The van der Waals surface area contributed by atoms with E-state index >= 15 is 0 Å². The molecule has 0 aliphatic carbocycles. The van der Waals surface area contributed by atoms with E-state index in [2.05, 4.69) is 9.72 Å². The van der Waals surface area contributed by atoms with Gasteiger partial charge in [0.05, 0.1) is 19.2 Å². The van der Waals surface area contributed by atoms with Gasteiger partial charge >= 0.3 is 6.09 Å². The Bertz CT molecular complexity index is 392. The molecule has 0 aromatic carbocycles. The molecule has 1 heterocycles. The molecule has 0 aliphatic rings. The number of nitrogens with two attached hydrogens (primary N) is 1. The second-order valence-electron chi connectivity index (χ2n) is 2.78. The summed E-state index contributed by atoms with van der Waals surface area (Å²) in [5, 5.41) is 2.82. The summed E-state index contributed by atoms with van der Waals surface area (Å²) >= 11 is 1.09. The third-order valence-corrected chi connectivity index (χ3v) is 2.44. The number of thiazole rings is 1. The minimum Gasteiger partial charge on any atom is -0.381 e. The third-order valence-electron chi connectivity index (χ3n) is 1.68. The number of rotatable bonds is 4. The topological polar surface area (TPSA) is 94.7 Å². The van der Waals surface area contributed by atoms with Crippen molar-refractivity contribution in [3.8, 4) is 5.19 Å². The Kier molecular flexibility index (Phi) is 4.20. The van der Waals surface area contributed by atoms with Crippen LogP contribution in [0.25, 0.3) is 0 Å². The lowest BCUT2D eigenvalue weighted by molar-refractivity contribution is -0.167. The van der Waals surface area contributed by atoms with E-state index in [0.29, 0.717) is 5.69 Å². The summed E-state index contributed by atoms with van der Waals surface area (Å²) in [4.78, 5) is 30.4. The molecule has 0 spiro atoms. The van der Waals surface area contributed by atoms with Crippen LogP contribution in [0.15, 0.2) is 5.38 Å². The van der Waals surface area contributed by atoms with Crippen LogP contribution in [-0.4, -0.2) is 36.2 Å². The predicted molar refractivity (Wildman–Crippen MR) is 55.8 cm³/mol. The minimum atomic E-state index is -0.929. The number of aromatic nitrogens is 1. The van der Waals surface area contributed by atoms with Gasteiger partial charge in [-0.05, 0) is 0 Å². The van der Waals surface area contributed by atoms with E-state index in [1.54, 1.807) is 5.38 Å². The van der Waals surface area contributed by atoms with Crippen molar-refractivity contribution in [1.29, 1.82) is 0 Å². The van der Waals surface area contributed by atoms with Crippen LogP contribution in [0.3, 0.4) is 0 Å². The highest BCUT2D eigenvalue weighted by atomic mass is 32.1. The molecule has 0 fully saturated rings. The molecule has 0 unspecified atom stereocenters. The number of hydroxylamine groups is 2. The minimum absolute atomic E-state index is 0.0724. The van der Waals surface area contributed by atoms with Crippen LogP contribution >= 0.6 is 11.3 Å². The van der Waals surface area contributed by atoms with Gasteiger partial charge in [0, 0.05) is 12.4 Å². The van der Waals surface area contributed by atoms with E-state index in [4.69, 9.17) is 10.6 Å². The van der Waals surface area contributed by atoms with Crippen molar-refractivity contribution >= 4 is 23.3 Å². The summed E-state index contributed by atoms with van der Waals surface area (Å²) in [7, 11) is 2.89. The fourth-order valence-corrected chi connectivity index (χ4v) is 1.54. The highest BCUT2D eigenvalue weighted by Crippen LogP contribution is 2.18. The lowest BCUT2D eigenvalue weighted by Crippen LogP contribution is -2.27. The molecule has 1 aromatic rings. The van der Waals surface area contributed by atoms with Crippen LogP contribution in [0.5, 0.6) is 5.19 Å². The number of amides is 2. The number of likely N-dealkylation sites (N-methyl/N-ethyl adjacent to an activating group) is 1. The van der Waals surface area contributed by atoms with Crippen molar-refractivity contribution in [1.82, 2.24) is 10.0 Å². The van der Waals surface area contributed by atoms with Gasteiger partial charge in [0.1, 0.15) is 0 Å². The molecule has 0 saturated heterocycles. The van der Waals surface area contributed by atoms with Crippen molar-refractivity contribution in [2.75, 3.05) is 14.2 Å². The zero-order valence-corrected chi connectivity index (χ0v) is 9.61. The second kappa shape index (κ2) is 5.42. The molecule has 7 nitrogen and oxygen atoms in total. The summed E-state index contributed by atoms with van der Waals surface area (Å²) in [6, 6.07) is 0. The van der Waals surface area contributed by atoms with Crippen molar-refractivity contribution in [3.05, 3.63) is 11.1 Å². The van der Waals surface area contributed by atoms with Crippen LogP contribution in [0.1, 0.15) is 5.69 Å². The SMILES string of the molecule is CON(C)C(=O)Cc1csc(OC(N)=O)n1. The number of ether oxygens (including phenoxy) is 1. The molecule has 8 heteroatoms. The smallest absolute Gasteiger partial charge is 0.381 e. The van der Waals surface area contributed by atoms with Crippen LogP contribution in [0.4, 0.5) is 4.79 Å². The number of nitrogens with zero attached hydrogens (tertiary/aromatic N) is 2. The Balaban J connectivity index is 2.58. The Labute approximate surface area is 95.7 Å². The molecule has 0 saturated carbocycles. The zero-order chi connectivity index (χ0) is 12.1. The first-order chi connectivity index (χ1) is 7.52. The Morgan fingerprint density at radius 2 is 2.31 bits per heavy atom. The highest BCUT2D eigenvalue weighted by molar-refractivity contribution is 7.11. The maximum Gasteiger partial charge on any atom is 0.411 e. The average Bonchev–Trinajstić information content (AvgIpc) is 2.63. The molecule has 88 valence electrons. The molecule has 1 rings (SSSR count). The first-order valence-corrected chi connectivity index (χ1v) is 5.13. The summed E-state index contributed by atoms with van der Waals surface area (Å²) in [5.41, 5.74) is 5.31. The van der Waals surface area contributed by atoms with E-state index < -0.39 is 6.09 Å². The molecule has 0 aliphatic heterocycles. The monoisotopic (exact) mass is 245 g/mol. The molecule has 2 N–H and O–H groups in total. The van der Waals surface area contributed by atoms with Gasteiger partial charge in [0.15, 0.2) is 0 Å². The molecule has 2 amide bonds. The summed E-state index contributed by atoms with van der Waals surface area (Å²) in [6.07, 6.45) is -0.857. The number of primary amides is 1. The van der Waals surface area contributed by atoms with Gasteiger partial charge in [-0.25, -0.2) is 14.8 Å². The van der Waals surface area contributed by atoms with Crippen LogP contribution in [0.2, 0.25) is 0 Å². The number of carbonyl (C=O) groups is 2. The van der Waals surface area contributed by atoms with Crippen LogP contribution in [0, 0.1) is 0 Å². The summed E-state index contributed by atoms with van der Waals surface area (Å²) in [6.45, 7) is 0. The quantitative estimate of drug-likeness (QED) is 0.762. The van der Waals surface area contributed by atoms with Crippen molar-refractivity contribution in [2.24, 2.45) is 5.73 Å². The molecule has 0 radical (unpaired) electrons. The first kappa shape index (κ1) is 12.4. The largest absolute Gasteiger partial charge is 0.411 e. The average molecular weight is 245 g/mol. The highest BCUT2D eigenvalue weighted by Gasteiger charge is 2.12. The van der Waals surface area contributed by atoms with Gasteiger partial charge in [0.25, 0.3) is 11.1 Å². The number of hydrogen-bond donors (Lipinski definition) is 1. The standard InChI is InChI=1S/C8H11N3O4S/c1-11(14-2)6(12)3-5-4-16-8(10-5)15-7(9)13/h4H,3H2,1-2H3,(H2,9,13). The van der Waals surface area contributed by atoms with E-state index in [0.717, 1.165) is 16.4 Å². The molecular formula is C8H11N3O4S. The van der Waals surface area contributed by atoms with Gasteiger partial charge in [-0.3, -0.25) is 9.63 Å². The van der Waals surface area contributed by atoms with Gasteiger partial charge in [-0.2, -0.15) is 0 Å². The Hall–Kier alpha value is -1.67. The van der Waals surface area contributed by atoms with Gasteiger partial charge in [0.2, 0.25) is 0 Å². The normalized spacial score (nSPS) is 9.88. The number of hydrogen-bond acceptors (Lipinski definition) is 6. The van der Waals surface area contributed by atoms with Gasteiger partial charge < -0.3 is 10.5 Å². The lowest BCUT2D eigenvalue weighted by Gasteiger charge is -2.12. The summed E-state index contributed by atoms with van der Waals surface area (Å²) < 4.78 is 4.55. The molecule has 0 bridgehead atoms. The van der Waals surface area contributed by atoms with E-state index in [-0.39, 0.29) is 17.5 Å². The van der Waals surface area contributed by atoms with Gasteiger partial charge in [-0.1, -0.05) is 11.3 Å². The Morgan fingerprint density at radius 3 is 2.88 bits per heavy atom. The first-order valence-electron chi connectivity index (χ1n) is 4.25. The van der Waals surface area contributed by atoms with Crippen LogP contribution in [-0.2, 0) is 16.1 Å².